The molecule has 0 amide bonds. The van der Waals surface area contributed by atoms with Crippen LogP contribution in [0.3, 0.4) is 0 Å². The van der Waals surface area contributed by atoms with E-state index in [4.69, 9.17) is 0 Å². The molecule has 0 fully saturated rings. The third-order valence-electron chi connectivity index (χ3n) is 6.04. The molecule has 0 heterocycles. The molecule has 0 N–H and O–H groups in total. The molecule has 192 valence electrons. The lowest BCUT2D eigenvalue weighted by Gasteiger charge is -2.03. The fourth-order valence-corrected chi connectivity index (χ4v) is 6.73. The van der Waals surface area contributed by atoms with Crippen molar-refractivity contribution < 1.29 is 16.8 Å². The van der Waals surface area contributed by atoms with Crippen molar-refractivity contribution in [2.45, 2.75) is 142 Å². The van der Waals surface area contributed by atoms with Crippen LogP contribution < -0.4 is 0 Å². The largest absolute Gasteiger partial charge is 0.224 e. The highest BCUT2D eigenvalue weighted by Crippen LogP contribution is 2.13. The summed E-state index contributed by atoms with van der Waals surface area (Å²) in [6, 6.07) is 0. The molecule has 0 unspecified atom stereocenters. The molecule has 0 saturated heterocycles. The van der Waals surface area contributed by atoms with E-state index in [1.807, 2.05) is 0 Å². The molecule has 0 aliphatic carbocycles. The van der Waals surface area contributed by atoms with Crippen molar-refractivity contribution in [2.75, 3.05) is 11.5 Å². The average molecular weight is 493 g/mol. The summed E-state index contributed by atoms with van der Waals surface area (Å²) in [4.78, 5) is 0. The van der Waals surface area contributed by atoms with Gasteiger partial charge in [-0.15, -0.1) is 0 Å². The number of rotatable bonds is 24. The van der Waals surface area contributed by atoms with Crippen molar-refractivity contribution in [2.24, 2.45) is 0 Å². The quantitative estimate of drug-likeness (QED) is 0.128. The summed E-state index contributed by atoms with van der Waals surface area (Å²) in [6.07, 6.45) is 22.9. The van der Waals surface area contributed by atoms with Gasteiger partial charge in [0, 0.05) is 10.8 Å². The van der Waals surface area contributed by atoms with Gasteiger partial charge in [0.1, 0.15) is 0 Å². The Kier molecular flexibility index (Phi) is 21.0. The third-order valence-corrected chi connectivity index (χ3v) is 9.02. The van der Waals surface area contributed by atoms with Crippen molar-refractivity contribution in [3.8, 4) is 0 Å². The predicted octanol–water partition coefficient (Wildman–Crippen LogP) is 8.13. The average Bonchev–Trinajstić information content (AvgIpc) is 2.75. The summed E-state index contributed by atoms with van der Waals surface area (Å²) in [6.45, 7) is 4.44. The van der Waals surface area contributed by atoms with E-state index in [-0.39, 0.29) is 11.5 Å². The minimum absolute atomic E-state index is 0.0494. The van der Waals surface area contributed by atoms with E-state index >= 15 is 0 Å². The molecule has 0 aliphatic heterocycles. The van der Waals surface area contributed by atoms with Gasteiger partial charge in [-0.1, -0.05) is 129 Å². The van der Waals surface area contributed by atoms with Crippen LogP contribution in [-0.2, 0) is 19.7 Å². The predicted molar refractivity (Wildman–Crippen MR) is 140 cm³/mol. The number of sulfone groups is 2. The first-order valence-corrected chi connectivity index (χ1v) is 16.9. The molecule has 0 rings (SSSR count). The smallest absolute Gasteiger partial charge is 0.172 e. The minimum Gasteiger partial charge on any atom is -0.224 e. The Morgan fingerprint density at radius 3 is 0.844 bits per heavy atom. The van der Waals surface area contributed by atoms with Crippen LogP contribution in [0, 0.1) is 0 Å². The van der Waals surface area contributed by atoms with E-state index < -0.39 is 19.7 Å². The summed E-state index contributed by atoms with van der Waals surface area (Å²) in [5, 5.41) is 1.85. The molecule has 0 aromatic rings. The SMILES string of the molecule is CCCCCCCCCCCCS(=O)(=O)C=CS(=O)(=O)CCCCCCCCCCCC. The molecule has 0 aromatic carbocycles. The second-order valence-electron chi connectivity index (χ2n) is 9.37. The zero-order valence-corrected chi connectivity index (χ0v) is 22.8. The Morgan fingerprint density at radius 2 is 0.594 bits per heavy atom. The molecule has 0 radical (unpaired) electrons. The number of hydrogen-bond acceptors (Lipinski definition) is 4. The monoisotopic (exact) mass is 492 g/mol. The third kappa shape index (κ3) is 22.8. The molecular formula is C26H52O4S2. The normalized spacial score (nSPS) is 12.7. The van der Waals surface area contributed by atoms with Crippen LogP contribution in [-0.4, -0.2) is 28.3 Å². The second kappa shape index (κ2) is 21.2. The molecule has 0 spiro atoms. The van der Waals surface area contributed by atoms with Gasteiger partial charge in [-0.25, -0.2) is 16.8 Å². The topological polar surface area (TPSA) is 68.3 Å². The Morgan fingerprint density at radius 1 is 0.375 bits per heavy atom. The zero-order chi connectivity index (χ0) is 24.0. The van der Waals surface area contributed by atoms with Crippen LogP contribution in [0.5, 0.6) is 0 Å². The summed E-state index contributed by atoms with van der Waals surface area (Å²) >= 11 is 0. The molecular weight excluding hydrogens is 440 g/mol. The fourth-order valence-electron chi connectivity index (χ4n) is 3.89. The standard InChI is InChI=1S/C26H52O4S2/c1-3-5-7-9-11-13-15-17-19-21-23-31(27,28)25-26-32(29,30)24-22-20-18-16-14-12-10-8-6-4-2/h25-26H,3-24H2,1-2H3. The van der Waals surface area contributed by atoms with Crippen molar-refractivity contribution in [3.05, 3.63) is 10.8 Å². The van der Waals surface area contributed by atoms with E-state index in [0.717, 1.165) is 49.3 Å². The molecule has 32 heavy (non-hydrogen) atoms. The lowest BCUT2D eigenvalue weighted by molar-refractivity contribution is 0.558. The van der Waals surface area contributed by atoms with Gasteiger partial charge in [0.2, 0.25) is 0 Å². The second-order valence-corrected chi connectivity index (χ2v) is 13.4. The Bertz CT molecular complexity index is 581. The summed E-state index contributed by atoms with van der Waals surface area (Å²) in [7, 11) is -6.87. The first-order chi connectivity index (χ1) is 15.3. The summed E-state index contributed by atoms with van der Waals surface area (Å²) in [5.74, 6) is 0.0988. The van der Waals surface area contributed by atoms with Crippen LogP contribution in [0.25, 0.3) is 0 Å². The maximum atomic E-state index is 12.1. The summed E-state index contributed by atoms with van der Waals surface area (Å²) < 4.78 is 48.4. The van der Waals surface area contributed by atoms with Crippen molar-refractivity contribution in [1.82, 2.24) is 0 Å². The van der Waals surface area contributed by atoms with Crippen LogP contribution in [0.1, 0.15) is 142 Å². The van der Waals surface area contributed by atoms with Gasteiger partial charge in [-0.3, -0.25) is 0 Å². The Balaban J connectivity index is 3.80. The highest BCUT2D eigenvalue weighted by atomic mass is 32.2. The molecule has 0 bridgehead atoms. The first kappa shape index (κ1) is 31.6. The lowest BCUT2D eigenvalue weighted by Crippen LogP contribution is -2.06. The van der Waals surface area contributed by atoms with E-state index in [2.05, 4.69) is 13.8 Å². The van der Waals surface area contributed by atoms with Gasteiger partial charge in [0.15, 0.2) is 19.7 Å². The zero-order valence-electron chi connectivity index (χ0n) is 21.2. The van der Waals surface area contributed by atoms with Crippen molar-refractivity contribution in [3.63, 3.8) is 0 Å². The maximum Gasteiger partial charge on any atom is 0.172 e. The molecule has 0 aromatic heterocycles. The van der Waals surface area contributed by atoms with Gasteiger partial charge in [-0.2, -0.15) is 0 Å². The van der Waals surface area contributed by atoms with Gasteiger partial charge in [0.05, 0.1) is 11.5 Å². The van der Waals surface area contributed by atoms with Gasteiger partial charge >= 0.3 is 0 Å². The van der Waals surface area contributed by atoms with Gasteiger partial charge in [-0.05, 0) is 12.8 Å². The fraction of sp³-hybridized carbons (Fsp3) is 0.923. The lowest BCUT2D eigenvalue weighted by atomic mass is 10.1. The number of hydrogen-bond donors (Lipinski definition) is 0. The Labute approximate surface area is 200 Å². The summed E-state index contributed by atoms with van der Waals surface area (Å²) in [5.41, 5.74) is 0. The molecule has 0 saturated carbocycles. The van der Waals surface area contributed by atoms with Crippen molar-refractivity contribution >= 4 is 19.7 Å². The van der Waals surface area contributed by atoms with Gasteiger partial charge < -0.3 is 0 Å². The molecule has 6 heteroatoms. The first-order valence-electron chi connectivity index (χ1n) is 13.5. The van der Waals surface area contributed by atoms with Crippen LogP contribution >= 0.6 is 0 Å². The van der Waals surface area contributed by atoms with Gasteiger partial charge in [0.25, 0.3) is 0 Å². The highest BCUT2D eigenvalue weighted by molar-refractivity contribution is 7.97. The Hall–Kier alpha value is -0.360. The highest BCUT2D eigenvalue weighted by Gasteiger charge is 2.11. The van der Waals surface area contributed by atoms with E-state index in [1.165, 1.54) is 77.0 Å². The molecule has 4 nitrogen and oxygen atoms in total. The van der Waals surface area contributed by atoms with E-state index in [9.17, 15) is 16.8 Å². The van der Waals surface area contributed by atoms with Crippen LogP contribution in [0.15, 0.2) is 10.8 Å². The molecule has 0 atom stereocenters. The van der Waals surface area contributed by atoms with Crippen LogP contribution in [0.4, 0.5) is 0 Å². The van der Waals surface area contributed by atoms with E-state index in [0.29, 0.717) is 12.8 Å². The maximum absolute atomic E-state index is 12.1. The molecule has 0 aliphatic rings. The number of unbranched alkanes of at least 4 members (excludes halogenated alkanes) is 18. The van der Waals surface area contributed by atoms with Crippen molar-refractivity contribution in [1.29, 1.82) is 0 Å². The van der Waals surface area contributed by atoms with E-state index in [1.54, 1.807) is 0 Å². The minimum atomic E-state index is -3.43. The van der Waals surface area contributed by atoms with Crippen LogP contribution in [0.2, 0.25) is 0 Å².